The standard InChI is InChI=1S/C8H12N2/c1-10-6-8-4-2-3-7(8)5-9-10/h5-6,9H,2-4H2,1H3. The summed E-state index contributed by atoms with van der Waals surface area (Å²) < 4.78 is 0. The summed E-state index contributed by atoms with van der Waals surface area (Å²) in [5.41, 5.74) is 6.16. The third kappa shape index (κ3) is 0.801. The number of allylic oxidation sites excluding steroid dienone is 2. The van der Waals surface area contributed by atoms with Crippen molar-refractivity contribution < 1.29 is 0 Å². The summed E-state index contributed by atoms with van der Waals surface area (Å²) >= 11 is 0. The van der Waals surface area contributed by atoms with Crippen LogP contribution in [0.1, 0.15) is 19.3 Å². The molecule has 2 aliphatic rings. The molecule has 54 valence electrons. The maximum absolute atomic E-state index is 3.15. The van der Waals surface area contributed by atoms with Gasteiger partial charge in [0.2, 0.25) is 0 Å². The number of nitrogens with zero attached hydrogens (tertiary/aromatic N) is 1. The number of hydrazine groups is 1. The van der Waals surface area contributed by atoms with Crippen molar-refractivity contribution in [2.75, 3.05) is 7.05 Å². The Labute approximate surface area is 61.2 Å². The lowest BCUT2D eigenvalue weighted by Gasteiger charge is -2.20. The number of hydrogen-bond donors (Lipinski definition) is 1. The molecule has 0 aromatic heterocycles. The highest BCUT2D eigenvalue weighted by molar-refractivity contribution is 5.35. The number of rotatable bonds is 0. The molecule has 1 saturated carbocycles. The molecule has 2 rings (SSSR count). The fraction of sp³-hybridized carbons (Fsp3) is 0.500. The molecule has 1 aliphatic carbocycles. The quantitative estimate of drug-likeness (QED) is 0.541. The van der Waals surface area contributed by atoms with E-state index in [1.54, 1.807) is 0 Å². The summed E-state index contributed by atoms with van der Waals surface area (Å²) in [6.45, 7) is 0. The van der Waals surface area contributed by atoms with Gasteiger partial charge in [-0.05, 0) is 30.4 Å². The van der Waals surface area contributed by atoms with Gasteiger partial charge in [0.25, 0.3) is 0 Å². The van der Waals surface area contributed by atoms with Gasteiger partial charge in [0, 0.05) is 19.4 Å². The Balaban J connectivity index is 2.27. The van der Waals surface area contributed by atoms with E-state index in [0.29, 0.717) is 0 Å². The van der Waals surface area contributed by atoms with E-state index in [1.807, 2.05) is 12.1 Å². The number of hydrogen-bond acceptors (Lipinski definition) is 2. The highest BCUT2D eigenvalue weighted by Crippen LogP contribution is 2.31. The third-order valence-electron chi connectivity index (χ3n) is 2.10. The van der Waals surface area contributed by atoms with Gasteiger partial charge >= 0.3 is 0 Å². The number of nitrogens with one attached hydrogen (secondary N) is 1. The molecule has 1 fully saturated rings. The van der Waals surface area contributed by atoms with Crippen molar-refractivity contribution in [3.63, 3.8) is 0 Å². The van der Waals surface area contributed by atoms with E-state index < -0.39 is 0 Å². The second-order valence-corrected chi connectivity index (χ2v) is 2.92. The summed E-state index contributed by atoms with van der Waals surface area (Å²) in [7, 11) is 2.03. The van der Waals surface area contributed by atoms with Crippen LogP contribution in [0.4, 0.5) is 0 Å². The van der Waals surface area contributed by atoms with E-state index in [-0.39, 0.29) is 0 Å². The Bertz CT molecular complexity index is 203. The maximum atomic E-state index is 3.15. The smallest absolute Gasteiger partial charge is 0.0274 e. The molecule has 10 heavy (non-hydrogen) atoms. The van der Waals surface area contributed by atoms with Gasteiger partial charge in [-0.15, -0.1) is 0 Å². The third-order valence-corrected chi connectivity index (χ3v) is 2.10. The molecule has 0 saturated heterocycles. The Morgan fingerprint density at radius 1 is 1.40 bits per heavy atom. The average molecular weight is 136 g/mol. The molecule has 0 aromatic carbocycles. The minimum absolute atomic E-state index is 1.26. The van der Waals surface area contributed by atoms with E-state index in [9.17, 15) is 0 Å². The van der Waals surface area contributed by atoms with Gasteiger partial charge in [-0.2, -0.15) is 0 Å². The lowest BCUT2D eigenvalue weighted by atomic mass is 10.1. The Hall–Kier alpha value is -0.920. The van der Waals surface area contributed by atoms with Crippen LogP contribution in [0, 0.1) is 0 Å². The molecular weight excluding hydrogens is 124 g/mol. The molecule has 1 N–H and O–H groups in total. The second kappa shape index (κ2) is 2.04. The van der Waals surface area contributed by atoms with E-state index in [4.69, 9.17) is 0 Å². The summed E-state index contributed by atoms with van der Waals surface area (Å²) in [6, 6.07) is 0. The highest BCUT2D eigenvalue weighted by atomic mass is 15.5. The lowest BCUT2D eigenvalue weighted by molar-refractivity contribution is 0.376. The molecule has 0 aromatic rings. The van der Waals surface area contributed by atoms with Crippen molar-refractivity contribution in [1.29, 1.82) is 0 Å². The molecule has 2 nitrogen and oxygen atoms in total. The largest absolute Gasteiger partial charge is 0.306 e. The van der Waals surface area contributed by atoms with Crippen molar-refractivity contribution in [2.45, 2.75) is 19.3 Å². The second-order valence-electron chi connectivity index (χ2n) is 2.92. The minimum atomic E-state index is 1.26. The molecule has 0 radical (unpaired) electrons. The molecule has 0 bridgehead atoms. The lowest BCUT2D eigenvalue weighted by Crippen LogP contribution is -2.27. The van der Waals surface area contributed by atoms with Gasteiger partial charge in [-0.25, -0.2) is 0 Å². The van der Waals surface area contributed by atoms with E-state index in [1.165, 1.54) is 30.4 Å². The Kier molecular flexibility index (Phi) is 1.19. The van der Waals surface area contributed by atoms with Crippen LogP contribution in [-0.4, -0.2) is 12.1 Å². The van der Waals surface area contributed by atoms with Crippen LogP contribution in [0.25, 0.3) is 0 Å². The first-order valence-electron chi connectivity index (χ1n) is 3.75. The average Bonchev–Trinajstić information content (AvgIpc) is 2.33. The Morgan fingerprint density at radius 3 is 3.10 bits per heavy atom. The van der Waals surface area contributed by atoms with Crippen LogP contribution < -0.4 is 5.43 Å². The first-order chi connectivity index (χ1) is 4.86. The number of fused-ring (bicyclic) bond motifs is 1. The van der Waals surface area contributed by atoms with Crippen LogP contribution in [0.2, 0.25) is 0 Å². The van der Waals surface area contributed by atoms with Gasteiger partial charge in [0.1, 0.15) is 0 Å². The first-order valence-corrected chi connectivity index (χ1v) is 3.75. The molecule has 1 aliphatic heterocycles. The van der Waals surface area contributed by atoms with Crippen LogP contribution in [-0.2, 0) is 0 Å². The predicted octanol–water partition coefficient (Wildman–Crippen LogP) is 1.39. The van der Waals surface area contributed by atoms with Crippen molar-refractivity contribution in [2.24, 2.45) is 0 Å². The first kappa shape index (κ1) is 5.83. The molecular formula is C8H12N2. The van der Waals surface area contributed by atoms with Crippen molar-refractivity contribution in [3.8, 4) is 0 Å². The van der Waals surface area contributed by atoms with Gasteiger partial charge < -0.3 is 5.43 Å². The molecule has 0 spiro atoms. The zero-order valence-corrected chi connectivity index (χ0v) is 6.22. The maximum Gasteiger partial charge on any atom is 0.0274 e. The van der Waals surface area contributed by atoms with Crippen molar-refractivity contribution in [3.05, 3.63) is 23.5 Å². The van der Waals surface area contributed by atoms with Crippen LogP contribution in [0.15, 0.2) is 23.5 Å². The van der Waals surface area contributed by atoms with E-state index >= 15 is 0 Å². The highest BCUT2D eigenvalue weighted by Gasteiger charge is 2.16. The summed E-state index contributed by atoms with van der Waals surface area (Å²) in [5.74, 6) is 0. The van der Waals surface area contributed by atoms with Crippen LogP contribution in [0.5, 0.6) is 0 Å². The molecule has 1 heterocycles. The SMILES string of the molecule is CN1C=C2CCCC2=CN1. The summed E-state index contributed by atoms with van der Waals surface area (Å²) in [5, 5.41) is 2.00. The van der Waals surface area contributed by atoms with Crippen LogP contribution in [0.3, 0.4) is 0 Å². The molecule has 0 atom stereocenters. The predicted molar refractivity (Wildman–Crippen MR) is 40.9 cm³/mol. The van der Waals surface area contributed by atoms with E-state index in [0.717, 1.165) is 0 Å². The summed E-state index contributed by atoms with van der Waals surface area (Å²) in [4.78, 5) is 0. The van der Waals surface area contributed by atoms with E-state index in [2.05, 4.69) is 17.8 Å². The van der Waals surface area contributed by atoms with Gasteiger partial charge in [0.05, 0.1) is 0 Å². The van der Waals surface area contributed by atoms with Gasteiger partial charge in [-0.3, -0.25) is 5.01 Å². The fourth-order valence-corrected chi connectivity index (χ4v) is 1.55. The summed E-state index contributed by atoms with van der Waals surface area (Å²) in [6.07, 6.45) is 8.14. The van der Waals surface area contributed by atoms with Gasteiger partial charge in [-0.1, -0.05) is 0 Å². The van der Waals surface area contributed by atoms with Crippen molar-refractivity contribution >= 4 is 0 Å². The zero-order chi connectivity index (χ0) is 6.97. The monoisotopic (exact) mass is 136 g/mol. The zero-order valence-electron chi connectivity index (χ0n) is 6.22. The molecule has 0 unspecified atom stereocenters. The molecule has 2 heteroatoms. The van der Waals surface area contributed by atoms with Gasteiger partial charge in [0.15, 0.2) is 0 Å². The molecule has 0 amide bonds. The normalized spacial score (nSPS) is 23.1. The fourth-order valence-electron chi connectivity index (χ4n) is 1.55. The topological polar surface area (TPSA) is 15.3 Å². The van der Waals surface area contributed by atoms with Crippen LogP contribution >= 0.6 is 0 Å². The Morgan fingerprint density at radius 2 is 2.20 bits per heavy atom. The minimum Gasteiger partial charge on any atom is -0.306 e. The van der Waals surface area contributed by atoms with Crippen molar-refractivity contribution in [1.82, 2.24) is 10.4 Å².